The number of benzene rings is 1. The summed E-state index contributed by atoms with van der Waals surface area (Å²) in [6, 6.07) is 10.8. The highest BCUT2D eigenvalue weighted by atomic mass is 16.3. The summed E-state index contributed by atoms with van der Waals surface area (Å²) < 4.78 is 0. The zero-order valence-electron chi connectivity index (χ0n) is 14.5. The average molecular weight is 328 g/mol. The molecular weight excluding hydrogens is 304 g/mol. The summed E-state index contributed by atoms with van der Waals surface area (Å²) in [7, 11) is 0. The van der Waals surface area contributed by atoms with E-state index < -0.39 is 5.60 Å². The Kier molecular flexibility index (Phi) is 5.51. The normalized spacial score (nSPS) is 13.4. The van der Waals surface area contributed by atoms with Crippen molar-refractivity contribution < 1.29 is 9.90 Å². The largest absolute Gasteiger partial charge is 0.388 e. The second-order valence-corrected chi connectivity index (χ2v) is 6.46. The first-order valence-electron chi connectivity index (χ1n) is 7.96. The van der Waals surface area contributed by atoms with Gasteiger partial charge in [-0.3, -0.25) is 4.79 Å². The molecule has 1 atom stereocenters. The van der Waals surface area contributed by atoms with Gasteiger partial charge in [0.05, 0.1) is 11.3 Å². The summed E-state index contributed by atoms with van der Waals surface area (Å²) >= 11 is 0. The summed E-state index contributed by atoms with van der Waals surface area (Å²) in [5.41, 5.74) is 1.16. The van der Waals surface area contributed by atoms with Gasteiger partial charge >= 0.3 is 0 Å². The van der Waals surface area contributed by atoms with Crippen molar-refractivity contribution in [2.75, 3.05) is 11.9 Å². The van der Waals surface area contributed by atoms with Gasteiger partial charge in [-0.1, -0.05) is 19.9 Å². The molecule has 1 aromatic heterocycles. The van der Waals surface area contributed by atoms with Crippen LogP contribution >= 0.6 is 0 Å². The topological polar surface area (TPSA) is 87.1 Å². The summed E-state index contributed by atoms with van der Waals surface area (Å²) in [6.07, 6.45) is 0. The molecule has 0 bridgehead atoms. The quantitative estimate of drug-likeness (QED) is 0.759. The van der Waals surface area contributed by atoms with Crippen LogP contribution in [0.5, 0.6) is 0 Å². The Morgan fingerprint density at radius 3 is 2.62 bits per heavy atom. The number of nitrogens with zero attached hydrogens (tertiary/aromatic N) is 2. The Morgan fingerprint density at radius 1 is 1.25 bits per heavy atom. The third-order valence-corrected chi connectivity index (χ3v) is 4.05. The van der Waals surface area contributed by atoms with Gasteiger partial charge in [0.1, 0.15) is 0 Å². The van der Waals surface area contributed by atoms with Crippen molar-refractivity contribution in [3.05, 3.63) is 47.7 Å². The average Bonchev–Trinajstić information content (AvgIpc) is 2.55. The molecule has 6 nitrogen and oxygen atoms in total. The highest BCUT2D eigenvalue weighted by Crippen LogP contribution is 2.17. The predicted molar refractivity (Wildman–Crippen MR) is 94.3 cm³/mol. The van der Waals surface area contributed by atoms with E-state index in [4.69, 9.17) is 0 Å². The summed E-state index contributed by atoms with van der Waals surface area (Å²) in [5.74, 6) is 0.432. The number of anilines is 2. The number of aryl methyl sites for hydroxylation is 1. The van der Waals surface area contributed by atoms with E-state index in [9.17, 15) is 9.90 Å². The van der Waals surface area contributed by atoms with Crippen LogP contribution < -0.4 is 10.6 Å². The van der Waals surface area contributed by atoms with E-state index in [1.54, 1.807) is 25.1 Å². The van der Waals surface area contributed by atoms with Crippen LogP contribution in [0.2, 0.25) is 0 Å². The van der Waals surface area contributed by atoms with Crippen molar-refractivity contribution in [3.63, 3.8) is 0 Å². The van der Waals surface area contributed by atoms with Crippen LogP contribution in [-0.2, 0) is 0 Å². The number of hydrogen-bond donors (Lipinski definition) is 3. The molecule has 2 aromatic rings. The van der Waals surface area contributed by atoms with E-state index in [1.807, 2.05) is 39.0 Å². The molecule has 2 rings (SSSR count). The van der Waals surface area contributed by atoms with Crippen molar-refractivity contribution in [2.45, 2.75) is 33.3 Å². The van der Waals surface area contributed by atoms with Crippen LogP contribution in [-0.4, -0.2) is 33.4 Å². The van der Waals surface area contributed by atoms with Gasteiger partial charge in [-0.2, -0.15) is 5.10 Å². The fraction of sp³-hybridized carbons (Fsp3) is 0.389. The fourth-order valence-electron chi connectivity index (χ4n) is 1.92. The van der Waals surface area contributed by atoms with Crippen LogP contribution in [0.15, 0.2) is 36.4 Å². The van der Waals surface area contributed by atoms with Gasteiger partial charge in [0.15, 0.2) is 5.82 Å². The Labute approximate surface area is 142 Å². The van der Waals surface area contributed by atoms with E-state index in [2.05, 4.69) is 20.8 Å². The second-order valence-electron chi connectivity index (χ2n) is 6.46. The maximum atomic E-state index is 12.3. The van der Waals surface area contributed by atoms with Gasteiger partial charge in [0, 0.05) is 17.8 Å². The fourth-order valence-corrected chi connectivity index (χ4v) is 1.92. The van der Waals surface area contributed by atoms with Crippen molar-refractivity contribution >= 4 is 17.4 Å². The lowest BCUT2D eigenvalue weighted by Crippen LogP contribution is -2.44. The number of nitrogens with one attached hydrogen (secondary N) is 2. The van der Waals surface area contributed by atoms with E-state index >= 15 is 0 Å². The Hall–Kier alpha value is -2.47. The summed E-state index contributed by atoms with van der Waals surface area (Å²) in [4.78, 5) is 12.3. The molecule has 0 fully saturated rings. The van der Waals surface area contributed by atoms with Crippen LogP contribution in [0.25, 0.3) is 0 Å². The number of rotatable bonds is 6. The molecule has 1 aromatic carbocycles. The second kappa shape index (κ2) is 7.40. The van der Waals surface area contributed by atoms with Gasteiger partial charge in [0.25, 0.3) is 5.91 Å². The molecule has 1 unspecified atom stereocenters. The Bertz CT molecular complexity index is 696. The van der Waals surface area contributed by atoms with Gasteiger partial charge in [0.2, 0.25) is 0 Å². The van der Waals surface area contributed by atoms with E-state index in [1.165, 1.54) is 0 Å². The predicted octanol–water partition coefficient (Wildman–Crippen LogP) is 2.67. The number of hydrogen-bond acceptors (Lipinski definition) is 5. The Morgan fingerprint density at radius 2 is 2.00 bits per heavy atom. The highest BCUT2D eigenvalue weighted by Gasteiger charge is 2.25. The SMILES string of the molecule is Cc1ccc(Nc2cccc(C(=O)NCC(C)(O)C(C)C)c2)nn1. The molecule has 6 heteroatoms. The molecule has 0 saturated heterocycles. The molecular formula is C18H24N4O2. The molecule has 128 valence electrons. The lowest BCUT2D eigenvalue weighted by atomic mass is 9.92. The van der Waals surface area contributed by atoms with Crippen molar-refractivity contribution in [3.8, 4) is 0 Å². The van der Waals surface area contributed by atoms with Crippen molar-refractivity contribution in [1.29, 1.82) is 0 Å². The standard InChI is InChI=1S/C18H24N4O2/c1-12(2)18(4,24)11-19-17(23)14-6-5-7-15(10-14)20-16-9-8-13(3)21-22-16/h5-10,12,24H,11H2,1-4H3,(H,19,23)(H,20,22). The lowest BCUT2D eigenvalue weighted by molar-refractivity contribution is 0.0142. The van der Waals surface area contributed by atoms with Gasteiger partial charge < -0.3 is 15.7 Å². The molecule has 24 heavy (non-hydrogen) atoms. The van der Waals surface area contributed by atoms with Gasteiger partial charge in [-0.05, 0) is 50.1 Å². The Balaban J connectivity index is 2.04. The van der Waals surface area contributed by atoms with E-state index in [0.29, 0.717) is 11.4 Å². The minimum absolute atomic E-state index is 0.0471. The lowest BCUT2D eigenvalue weighted by Gasteiger charge is -2.27. The maximum Gasteiger partial charge on any atom is 0.251 e. The van der Waals surface area contributed by atoms with Crippen molar-refractivity contribution in [2.24, 2.45) is 5.92 Å². The van der Waals surface area contributed by atoms with E-state index in [-0.39, 0.29) is 18.4 Å². The molecule has 0 aliphatic heterocycles. The monoisotopic (exact) mass is 328 g/mol. The minimum Gasteiger partial charge on any atom is -0.388 e. The van der Waals surface area contributed by atoms with Crippen LogP contribution in [0.4, 0.5) is 11.5 Å². The third-order valence-electron chi connectivity index (χ3n) is 4.05. The maximum absolute atomic E-state index is 12.3. The first-order chi connectivity index (χ1) is 11.3. The van der Waals surface area contributed by atoms with Crippen LogP contribution in [0.3, 0.4) is 0 Å². The first kappa shape index (κ1) is 17.9. The molecule has 0 saturated carbocycles. The molecule has 0 aliphatic carbocycles. The van der Waals surface area contributed by atoms with Gasteiger partial charge in [-0.25, -0.2) is 0 Å². The highest BCUT2D eigenvalue weighted by molar-refractivity contribution is 5.95. The molecule has 1 heterocycles. The summed E-state index contributed by atoms with van der Waals surface area (Å²) in [6.45, 7) is 7.61. The zero-order chi connectivity index (χ0) is 17.7. The van der Waals surface area contributed by atoms with Crippen LogP contribution in [0, 0.1) is 12.8 Å². The number of carbonyl (C=O) groups is 1. The zero-order valence-corrected chi connectivity index (χ0v) is 14.5. The molecule has 1 amide bonds. The minimum atomic E-state index is -0.941. The van der Waals surface area contributed by atoms with E-state index in [0.717, 1.165) is 11.4 Å². The van der Waals surface area contributed by atoms with Crippen LogP contribution in [0.1, 0.15) is 36.8 Å². The third kappa shape index (κ3) is 4.76. The first-order valence-corrected chi connectivity index (χ1v) is 7.96. The van der Waals surface area contributed by atoms with Gasteiger partial charge in [-0.15, -0.1) is 5.10 Å². The summed E-state index contributed by atoms with van der Waals surface area (Å²) in [5, 5.41) is 24.1. The number of amides is 1. The number of carbonyl (C=O) groups excluding carboxylic acids is 1. The number of aliphatic hydroxyl groups is 1. The smallest absolute Gasteiger partial charge is 0.251 e. The molecule has 3 N–H and O–H groups in total. The molecule has 0 radical (unpaired) electrons. The number of aromatic nitrogens is 2. The molecule has 0 aliphatic rings. The van der Waals surface area contributed by atoms with Crippen molar-refractivity contribution in [1.82, 2.24) is 15.5 Å². The molecule has 0 spiro atoms.